The number of hydrogen-bond acceptors (Lipinski definition) is 4. The molecule has 3 aliphatic heterocycles. The number of rotatable bonds is 3. The maximum atomic E-state index is 6.06. The second-order valence-electron chi connectivity index (χ2n) is 5.99. The normalized spacial score (nSPS) is 38.3. The van der Waals surface area contributed by atoms with Gasteiger partial charge in [0.1, 0.15) is 0 Å². The molecule has 0 amide bonds. The van der Waals surface area contributed by atoms with Crippen molar-refractivity contribution < 1.29 is 14.2 Å². The second-order valence-corrected chi connectivity index (χ2v) is 5.99. The molecule has 0 radical (unpaired) electrons. The van der Waals surface area contributed by atoms with Crippen molar-refractivity contribution >= 4 is 0 Å². The van der Waals surface area contributed by atoms with Gasteiger partial charge >= 0.3 is 0 Å². The van der Waals surface area contributed by atoms with Crippen LogP contribution in [0.4, 0.5) is 0 Å². The minimum absolute atomic E-state index is 0.0819. The predicted molar refractivity (Wildman–Crippen MR) is 68.7 cm³/mol. The maximum absolute atomic E-state index is 6.06. The van der Waals surface area contributed by atoms with E-state index in [1.165, 1.54) is 12.8 Å². The van der Waals surface area contributed by atoms with Crippen molar-refractivity contribution in [2.45, 2.75) is 43.8 Å². The fourth-order valence-corrected chi connectivity index (χ4v) is 3.33. The largest absolute Gasteiger partial charge is 0.381 e. The quantitative estimate of drug-likeness (QED) is 0.826. The Morgan fingerprint density at radius 3 is 2.94 bits per heavy atom. The fraction of sp³-hybridized carbons (Fsp3) is 1.00. The molecular weight excluding hydrogens is 230 g/mol. The molecule has 3 saturated heterocycles. The lowest BCUT2D eigenvalue weighted by Gasteiger charge is -2.33. The van der Waals surface area contributed by atoms with Crippen LogP contribution in [0.5, 0.6) is 0 Å². The van der Waals surface area contributed by atoms with Gasteiger partial charge in [-0.2, -0.15) is 0 Å². The molecule has 3 aliphatic rings. The molecule has 0 aromatic carbocycles. The molecule has 0 bridgehead atoms. The lowest BCUT2D eigenvalue weighted by atomic mass is 9.90. The molecule has 3 fully saturated rings. The van der Waals surface area contributed by atoms with Crippen LogP contribution in [-0.4, -0.2) is 51.2 Å². The Balaban J connectivity index is 1.41. The summed E-state index contributed by atoms with van der Waals surface area (Å²) in [6.45, 7) is 5.63. The number of nitrogens with one attached hydrogen (secondary N) is 1. The molecule has 3 rings (SSSR count). The Kier molecular flexibility index (Phi) is 4.19. The minimum atomic E-state index is 0.0819. The van der Waals surface area contributed by atoms with Gasteiger partial charge in [0.2, 0.25) is 0 Å². The number of piperidine rings is 1. The van der Waals surface area contributed by atoms with E-state index in [1.54, 1.807) is 0 Å². The van der Waals surface area contributed by atoms with E-state index in [0.29, 0.717) is 12.0 Å². The Morgan fingerprint density at radius 1 is 1.28 bits per heavy atom. The highest BCUT2D eigenvalue weighted by Gasteiger charge is 2.41. The van der Waals surface area contributed by atoms with E-state index >= 15 is 0 Å². The van der Waals surface area contributed by atoms with Crippen LogP contribution in [0.2, 0.25) is 0 Å². The summed E-state index contributed by atoms with van der Waals surface area (Å²) in [5.74, 6) is 0.694. The Bertz CT molecular complexity index is 260. The first-order valence-corrected chi connectivity index (χ1v) is 7.40. The van der Waals surface area contributed by atoms with Crippen LogP contribution in [-0.2, 0) is 14.2 Å². The van der Waals surface area contributed by atoms with Crippen LogP contribution in [0.25, 0.3) is 0 Å². The van der Waals surface area contributed by atoms with Crippen molar-refractivity contribution in [2.75, 3.05) is 39.5 Å². The number of hydrogen-bond donors (Lipinski definition) is 1. The molecule has 0 saturated carbocycles. The van der Waals surface area contributed by atoms with Gasteiger partial charge in [0.15, 0.2) is 0 Å². The van der Waals surface area contributed by atoms with Gasteiger partial charge in [-0.3, -0.25) is 0 Å². The van der Waals surface area contributed by atoms with Crippen LogP contribution in [0.1, 0.15) is 32.1 Å². The summed E-state index contributed by atoms with van der Waals surface area (Å²) in [4.78, 5) is 0. The van der Waals surface area contributed by atoms with Gasteiger partial charge in [-0.1, -0.05) is 0 Å². The van der Waals surface area contributed by atoms with Crippen LogP contribution < -0.4 is 5.32 Å². The van der Waals surface area contributed by atoms with Crippen LogP contribution in [0, 0.1) is 5.92 Å². The molecule has 4 heteroatoms. The first-order valence-electron chi connectivity index (χ1n) is 7.40. The number of ether oxygens (including phenoxy) is 3. The van der Waals surface area contributed by atoms with Crippen molar-refractivity contribution in [3.05, 3.63) is 0 Å². The van der Waals surface area contributed by atoms with Gasteiger partial charge in [-0.05, 0) is 38.1 Å². The molecule has 18 heavy (non-hydrogen) atoms. The smallest absolute Gasteiger partial charge is 0.0836 e. The molecule has 3 heterocycles. The summed E-state index contributed by atoms with van der Waals surface area (Å²) < 4.78 is 17.5. The average molecular weight is 255 g/mol. The zero-order valence-corrected chi connectivity index (χ0v) is 11.2. The first kappa shape index (κ1) is 12.9. The molecule has 0 aromatic rings. The lowest BCUT2D eigenvalue weighted by Crippen LogP contribution is -2.45. The van der Waals surface area contributed by atoms with E-state index in [2.05, 4.69) is 5.32 Å². The first-order chi connectivity index (χ1) is 8.86. The zero-order chi connectivity index (χ0) is 12.3. The Morgan fingerprint density at radius 2 is 2.17 bits per heavy atom. The summed E-state index contributed by atoms with van der Waals surface area (Å²) in [5, 5.41) is 3.45. The predicted octanol–water partition coefficient (Wildman–Crippen LogP) is 1.34. The summed E-state index contributed by atoms with van der Waals surface area (Å²) in [5.41, 5.74) is 0.0819. The molecule has 1 N–H and O–H groups in total. The van der Waals surface area contributed by atoms with Crippen LogP contribution in [0.15, 0.2) is 0 Å². The molecule has 104 valence electrons. The van der Waals surface area contributed by atoms with Crippen molar-refractivity contribution in [1.82, 2.24) is 5.32 Å². The standard InChI is InChI=1S/C14H25NO3/c1-4-14(11-15-5-1)8-13(10-18-14)17-9-12-2-6-16-7-3-12/h12-13,15H,1-11H2/t13-,14+/m0/s1. The SMILES string of the molecule is C1CNC[C@@]2(C1)C[C@H](OCC1CCOCC1)CO2. The summed E-state index contributed by atoms with van der Waals surface area (Å²) in [6, 6.07) is 0. The van der Waals surface area contributed by atoms with E-state index in [9.17, 15) is 0 Å². The fourth-order valence-electron chi connectivity index (χ4n) is 3.33. The maximum Gasteiger partial charge on any atom is 0.0836 e. The third kappa shape index (κ3) is 3.05. The third-order valence-electron chi connectivity index (χ3n) is 4.52. The second kappa shape index (κ2) is 5.87. The van der Waals surface area contributed by atoms with Gasteiger partial charge in [0.25, 0.3) is 0 Å². The molecule has 2 atom stereocenters. The van der Waals surface area contributed by atoms with Crippen molar-refractivity contribution in [2.24, 2.45) is 5.92 Å². The molecule has 0 aromatic heterocycles. The highest BCUT2D eigenvalue weighted by atomic mass is 16.6. The van der Waals surface area contributed by atoms with Gasteiger partial charge in [0.05, 0.1) is 24.9 Å². The van der Waals surface area contributed by atoms with E-state index in [1.807, 2.05) is 0 Å². The van der Waals surface area contributed by atoms with Gasteiger partial charge in [-0.15, -0.1) is 0 Å². The van der Waals surface area contributed by atoms with E-state index < -0.39 is 0 Å². The summed E-state index contributed by atoms with van der Waals surface area (Å²) in [7, 11) is 0. The summed E-state index contributed by atoms with van der Waals surface area (Å²) >= 11 is 0. The van der Waals surface area contributed by atoms with Crippen molar-refractivity contribution in [1.29, 1.82) is 0 Å². The van der Waals surface area contributed by atoms with E-state index in [0.717, 1.165) is 58.8 Å². The highest BCUT2D eigenvalue weighted by Crippen LogP contribution is 2.33. The molecular formula is C14H25NO3. The Hall–Kier alpha value is -0.160. The summed E-state index contributed by atoms with van der Waals surface area (Å²) in [6.07, 6.45) is 6.11. The Labute approximate surface area is 109 Å². The average Bonchev–Trinajstić information content (AvgIpc) is 2.82. The van der Waals surface area contributed by atoms with Gasteiger partial charge < -0.3 is 19.5 Å². The molecule has 4 nitrogen and oxygen atoms in total. The van der Waals surface area contributed by atoms with Crippen LogP contribution >= 0.6 is 0 Å². The van der Waals surface area contributed by atoms with Gasteiger partial charge in [0, 0.05) is 26.2 Å². The topological polar surface area (TPSA) is 39.7 Å². The highest BCUT2D eigenvalue weighted by molar-refractivity contribution is 4.94. The molecule has 0 aliphatic carbocycles. The van der Waals surface area contributed by atoms with Crippen molar-refractivity contribution in [3.63, 3.8) is 0 Å². The van der Waals surface area contributed by atoms with E-state index in [-0.39, 0.29) is 5.60 Å². The lowest BCUT2D eigenvalue weighted by molar-refractivity contribution is -0.0264. The third-order valence-corrected chi connectivity index (χ3v) is 4.52. The monoisotopic (exact) mass is 255 g/mol. The van der Waals surface area contributed by atoms with E-state index in [4.69, 9.17) is 14.2 Å². The molecule has 1 spiro atoms. The minimum Gasteiger partial charge on any atom is -0.381 e. The molecule has 0 unspecified atom stereocenters. The van der Waals surface area contributed by atoms with Gasteiger partial charge in [-0.25, -0.2) is 0 Å². The zero-order valence-electron chi connectivity index (χ0n) is 11.2. The van der Waals surface area contributed by atoms with Crippen molar-refractivity contribution in [3.8, 4) is 0 Å². The van der Waals surface area contributed by atoms with Crippen LogP contribution in [0.3, 0.4) is 0 Å².